The number of rotatable bonds is 60. The predicted octanol–water partition coefficient (Wildman–Crippen LogP) is 20.0. The van der Waals surface area contributed by atoms with E-state index in [0.717, 1.165) is 77.8 Å². The van der Waals surface area contributed by atoms with E-state index in [9.17, 15) is 38.4 Å². The zero-order valence-corrected chi connectivity index (χ0v) is 68.5. The van der Waals surface area contributed by atoms with Crippen molar-refractivity contribution >= 4 is 46.3 Å². The van der Waals surface area contributed by atoms with Crippen molar-refractivity contribution < 1.29 is 38.4 Å². The SMILES string of the molecule is C.CCCCNCCCCCCCCCC(=O)C(CCC(=O)CCC(=O)C(C)(C)C)NC(C)(C)C.CCCCNCCCCCCCCCC(=O)CCC(NC(C)(C)C)C(=O)C(C)(C)C.CCCCNCCCCCCCCCC(=O)CCC(NC(C)(C)C)C(=O)CCC(=O)C(C)(C)C. The lowest BCUT2D eigenvalue weighted by Gasteiger charge is -2.31. The molecule has 14 nitrogen and oxygen atoms in total. The topological polar surface area (TPSA) is 209 Å². The Hall–Kier alpha value is -2.88. The Bertz CT molecular complexity index is 2070. The van der Waals surface area contributed by atoms with Crippen LogP contribution < -0.4 is 31.9 Å². The molecule has 99 heavy (non-hydrogen) atoms. The van der Waals surface area contributed by atoms with Crippen LogP contribution in [0.5, 0.6) is 0 Å². The van der Waals surface area contributed by atoms with Crippen molar-refractivity contribution in [2.24, 2.45) is 16.2 Å². The number of Topliss-reactive ketones (excluding diaryl/α,β-unsaturated/α-hetero) is 8. The number of hydrogen-bond donors (Lipinski definition) is 6. The highest BCUT2D eigenvalue weighted by molar-refractivity contribution is 5.92. The molecule has 0 saturated carbocycles. The van der Waals surface area contributed by atoms with Crippen LogP contribution in [0.15, 0.2) is 0 Å². The molecule has 0 heterocycles. The van der Waals surface area contributed by atoms with Gasteiger partial charge in [0.1, 0.15) is 40.5 Å². The predicted molar refractivity (Wildman–Crippen MR) is 425 cm³/mol. The van der Waals surface area contributed by atoms with E-state index < -0.39 is 16.2 Å². The number of hydrogen-bond acceptors (Lipinski definition) is 14. The molecule has 14 heteroatoms. The molecule has 3 atom stereocenters. The van der Waals surface area contributed by atoms with Crippen molar-refractivity contribution in [1.82, 2.24) is 31.9 Å². The second kappa shape index (κ2) is 60.4. The Kier molecular flexibility index (Phi) is 62.5. The quantitative estimate of drug-likeness (QED) is 0.0313. The van der Waals surface area contributed by atoms with Gasteiger partial charge in [0.25, 0.3) is 0 Å². The van der Waals surface area contributed by atoms with E-state index in [1.54, 1.807) is 0 Å². The molecule has 3 unspecified atom stereocenters. The van der Waals surface area contributed by atoms with Crippen LogP contribution >= 0.6 is 0 Å². The summed E-state index contributed by atoms with van der Waals surface area (Å²) in [5.74, 6) is 1.30. The molecule has 0 aliphatic rings. The number of carbonyl (C=O) groups excluding carboxylic acids is 8. The van der Waals surface area contributed by atoms with Crippen LogP contribution in [0.1, 0.15) is 410 Å². The summed E-state index contributed by atoms with van der Waals surface area (Å²) in [7, 11) is 0. The van der Waals surface area contributed by atoms with Gasteiger partial charge < -0.3 is 31.9 Å². The van der Waals surface area contributed by atoms with Gasteiger partial charge >= 0.3 is 0 Å². The first-order valence-corrected chi connectivity index (χ1v) is 40.4. The first-order chi connectivity index (χ1) is 45.7. The molecule has 0 rings (SSSR count). The Labute approximate surface area is 613 Å². The molecule has 0 spiro atoms. The average molecular weight is 1400 g/mol. The van der Waals surface area contributed by atoms with Crippen LogP contribution in [0.2, 0.25) is 0 Å². The second-order valence-corrected chi connectivity index (χ2v) is 35.0. The van der Waals surface area contributed by atoms with Crippen LogP contribution in [0.25, 0.3) is 0 Å². The summed E-state index contributed by atoms with van der Waals surface area (Å²) >= 11 is 0. The molecular formula is C85H168N6O8. The Morgan fingerprint density at radius 1 is 0.253 bits per heavy atom. The Morgan fingerprint density at radius 2 is 0.495 bits per heavy atom. The Morgan fingerprint density at radius 3 is 0.788 bits per heavy atom. The summed E-state index contributed by atoms with van der Waals surface area (Å²) in [6.07, 6.45) is 38.6. The zero-order chi connectivity index (χ0) is 75.1. The molecule has 0 amide bonds. The van der Waals surface area contributed by atoms with E-state index in [0.29, 0.717) is 70.0 Å². The monoisotopic (exact) mass is 1400 g/mol. The van der Waals surface area contributed by atoms with E-state index in [1.165, 1.54) is 135 Å². The molecule has 0 radical (unpaired) electrons. The van der Waals surface area contributed by atoms with Crippen LogP contribution in [0.4, 0.5) is 0 Å². The molecule has 0 bridgehead atoms. The summed E-state index contributed by atoms with van der Waals surface area (Å²) < 4.78 is 0. The first kappa shape index (κ1) is 102. The summed E-state index contributed by atoms with van der Waals surface area (Å²) in [6.45, 7) is 49.1. The molecule has 0 saturated heterocycles. The second-order valence-electron chi connectivity index (χ2n) is 35.0. The van der Waals surface area contributed by atoms with Gasteiger partial charge in [0, 0.05) is 97.1 Å². The van der Waals surface area contributed by atoms with Crippen molar-refractivity contribution in [3.63, 3.8) is 0 Å². The molecule has 0 aromatic carbocycles. The van der Waals surface area contributed by atoms with Gasteiger partial charge in [-0.2, -0.15) is 0 Å². The van der Waals surface area contributed by atoms with E-state index in [-0.39, 0.29) is 102 Å². The van der Waals surface area contributed by atoms with Gasteiger partial charge in [-0.05, 0) is 179 Å². The lowest BCUT2D eigenvalue weighted by Crippen LogP contribution is -2.51. The van der Waals surface area contributed by atoms with Crippen molar-refractivity contribution in [2.45, 2.75) is 444 Å². The van der Waals surface area contributed by atoms with E-state index in [2.05, 4.69) is 94.2 Å². The highest BCUT2D eigenvalue weighted by Gasteiger charge is 2.33. The summed E-state index contributed by atoms with van der Waals surface area (Å²) in [6, 6.07) is -0.902. The third kappa shape index (κ3) is 69.3. The van der Waals surface area contributed by atoms with E-state index in [4.69, 9.17) is 0 Å². The molecular weight excluding hydrogens is 1230 g/mol. The number of unbranched alkanes of at least 4 members (excludes halogenated alkanes) is 21. The normalized spacial score (nSPS) is 13.1. The van der Waals surface area contributed by atoms with Crippen LogP contribution in [-0.2, 0) is 38.4 Å². The van der Waals surface area contributed by atoms with Gasteiger partial charge in [0.05, 0.1) is 18.1 Å². The Balaban J connectivity index is -0.000000682. The zero-order valence-electron chi connectivity index (χ0n) is 68.5. The summed E-state index contributed by atoms with van der Waals surface area (Å²) in [5, 5.41) is 20.7. The standard InChI is InChI=1S/2C29H56N2O3.C26H52N2O2.CH4/c1-8-9-22-30-23-16-14-12-10-11-13-15-17-26(33)25(31-29(5,6)7)20-18-24(32)19-21-27(34)28(2,3)4;1-8-9-22-30-23-16-14-12-10-11-13-15-17-24(32)18-19-25(31-29(5,6)7)26(33)20-21-27(34)28(2,3)4;1-8-9-20-27-21-16-14-12-10-11-13-15-17-22(29)18-19-23(28-26(5,6)7)24(30)25(2,3)4;/h2*25,30-31H,8-23H2,1-7H3;23,27-28H,8-21H2,1-7H3;1H4. The van der Waals surface area contributed by atoms with Gasteiger partial charge in [-0.1, -0.05) is 206 Å². The number of ketones is 8. The number of nitrogens with one attached hydrogen (secondary N) is 6. The van der Waals surface area contributed by atoms with E-state index >= 15 is 0 Å². The maximum Gasteiger partial charge on any atom is 0.155 e. The van der Waals surface area contributed by atoms with Gasteiger partial charge in [-0.25, -0.2) is 0 Å². The fraction of sp³-hybridized carbons (Fsp3) is 0.906. The maximum atomic E-state index is 12.9. The third-order valence-corrected chi connectivity index (χ3v) is 17.7. The van der Waals surface area contributed by atoms with Gasteiger partial charge in [-0.15, -0.1) is 0 Å². The number of carbonyl (C=O) groups is 8. The fourth-order valence-corrected chi connectivity index (χ4v) is 11.5. The summed E-state index contributed by atoms with van der Waals surface area (Å²) in [4.78, 5) is 99.8. The van der Waals surface area contributed by atoms with Gasteiger partial charge in [0.2, 0.25) is 0 Å². The summed E-state index contributed by atoms with van der Waals surface area (Å²) in [5.41, 5.74) is -1.76. The van der Waals surface area contributed by atoms with Crippen LogP contribution in [0, 0.1) is 16.2 Å². The van der Waals surface area contributed by atoms with Crippen molar-refractivity contribution in [2.75, 3.05) is 39.3 Å². The molecule has 0 aromatic rings. The lowest BCUT2D eigenvalue weighted by atomic mass is 9.83. The molecule has 0 aliphatic heterocycles. The molecule has 0 aliphatic carbocycles. The third-order valence-electron chi connectivity index (χ3n) is 17.7. The minimum absolute atomic E-state index is 0. The molecule has 586 valence electrons. The highest BCUT2D eigenvalue weighted by atomic mass is 16.2. The first-order valence-electron chi connectivity index (χ1n) is 40.4. The fourth-order valence-electron chi connectivity index (χ4n) is 11.5. The highest BCUT2D eigenvalue weighted by Crippen LogP contribution is 2.24. The van der Waals surface area contributed by atoms with Crippen LogP contribution in [-0.4, -0.2) is 120 Å². The molecule has 6 N–H and O–H groups in total. The van der Waals surface area contributed by atoms with Crippen molar-refractivity contribution in [3.8, 4) is 0 Å². The molecule has 0 fully saturated rings. The maximum absolute atomic E-state index is 12.9. The smallest absolute Gasteiger partial charge is 0.155 e. The van der Waals surface area contributed by atoms with Crippen LogP contribution in [0.3, 0.4) is 0 Å². The average Bonchev–Trinajstić information content (AvgIpc) is 0.865. The largest absolute Gasteiger partial charge is 0.317 e. The minimum Gasteiger partial charge on any atom is -0.317 e. The molecule has 0 aromatic heterocycles. The van der Waals surface area contributed by atoms with Crippen molar-refractivity contribution in [1.29, 1.82) is 0 Å². The van der Waals surface area contributed by atoms with Gasteiger partial charge in [0.15, 0.2) is 5.78 Å². The lowest BCUT2D eigenvalue weighted by molar-refractivity contribution is -0.130. The van der Waals surface area contributed by atoms with Gasteiger partial charge in [-0.3, -0.25) is 38.4 Å². The minimum atomic E-state index is -0.422. The van der Waals surface area contributed by atoms with Crippen molar-refractivity contribution in [3.05, 3.63) is 0 Å². The van der Waals surface area contributed by atoms with E-state index in [1.807, 2.05) is 83.1 Å².